The zero-order valence-electron chi connectivity index (χ0n) is 10.9. The van der Waals surface area contributed by atoms with Crippen LogP contribution in [0.15, 0.2) is 23.0 Å². The highest BCUT2D eigenvalue weighted by Gasteiger charge is 2.10. The molecule has 2 N–H and O–H groups in total. The van der Waals surface area contributed by atoms with E-state index in [1.54, 1.807) is 22.8 Å². The first kappa shape index (κ1) is 13.7. The molecule has 0 aliphatic carbocycles. The standard InChI is InChI=1S/C13H16ClN3O2/c1-3-17-11-5-4-9(6-10(11)16-13(17)19)12(18)15-7-8(2)14/h4-6,8H,3,7H2,1-2H3,(H,15,18)(H,16,19). The number of amides is 1. The molecule has 0 aliphatic rings. The van der Waals surface area contributed by atoms with Crippen LogP contribution in [0, 0.1) is 0 Å². The van der Waals surface area contributed by atoms with Gasteiger partial charge in [0.15, 0.2) is 0 Å². The van der Waals surface area contributed by atoms with Crippen LogP contribution in [0.1, 0.15) is 24.2 Å². The zero-order valence-corrected chi connectivity index (χ0v) is 11.6. The summed E-state index contributed by atoms with van der Waals surface area (Å²) in [5, 5.41) is 2.61. The number of aromatic amines is 1. The smallest absolute Gasteiger partial charge is 0.326 e. The minimum absolute atomic E-state index is 0.117. The molecule has 1 heterocycles. The average Bonchev–Trinajstić information content (AvgIpc) is 2.69. The fourth-order valence-electron chi connectivity index (χ4n) is 1.95. The van der Waals surface area contributed by atoms with Gasteiger partial charge in [0.25, 0.3) is 5.91 Å². The topological polar surface area (TPSA) is 66.9 Å². The molecule has 6 heteroatoms. The highest BCUT2D eigenvalue weighted by atomic mass is 35.5. The second-order valence-corrected chi connectivity index (χ2v) is 5.14. The van der Waals surface area contributed by atoms with Gasteiger partial charge in [0, 0.05) is 24.0 Å². The highest BCUT2D eigenvalue weighted by molar-refractivity contribution is 6.20. The third kappa shape index (κ3) is 2.81. The minimum atomic E-state index is -0.195. The lowest BCUT2D eigenvalue weighted by Gasteiger charge is -2.06. The number of H-pyrrole nitrogens is 1. The van der Waals surface area contributed by atoms with Gasteiger partial charge in [-0.2, -0.15) is 0 Å². The molecule has 5 nitrogen and oxygen atoms in total. The molecule has 0 bridgehead atoms. The minimum Gasteiger partial charge on any atom is -0.351 e. The normalized spacial score (nSPS) is 12.6. The van der Waals surface area contributed by atoms with Crippen molar-refractivity contribution in [3.05, 3.63) is 34.2 Å². The van der Waals surface area contributed by atoms with Crippen molar-refractivity contribution in [2.75, 3.05) is 6.54 Å². The number of imidazole rings is 1. The number of aromatic nitrogens is 2. The second-order valence-electron chi connectivity index (χ2n) is 4.40. The molecule has 0 fully saturated rings. The summed E-state index contributed by atoms with van der Waals surface area (Å²) < 4.78 is 1.62. The van der Waals surface area contributed by atoms with Crippen molar-refractivity contribution in [2.45, 2.75) is 25.8 Å². The van der Waals surface area contributed by atoms with E-state index in [4.69, 9.17) is 11.6 Å². The Bertz CT molecular complexity index is 657. The number of fused-ring (bicyclic) bond motifs is 1. The van der Waals surface area contributed by atoms with Crippen LogP contribution in [-0.2, 0) is 6.54 Å². The van der Waals surface area contributed by atoms with Gasteiger partial charge in [-0.15, -0.1) is 11.6 Å². The molecule has 1 amide bonds. The van der Waals surface area contributed by atoms with E-state index in [1.165, 1.54) is 0 Å². The number of carbonyl (C=O) groups is 1. The first-order valence-electron chi connectivity index (χ1n) is 6.17. The Morgan fingerprint density at radius 3 is 2.89 bits per heavy atom. The maximum absolute atomic E-state index is 11.9. The van der Waals surface area contributed by atoms with Crippen molar-refractivity contribution in [3.8, 4) is 0 Å². The van der Waals surface area contributed by atoms with Crippen LogP contribution in [0.5, 0.6) is 0 Å². The van der Waals surface area contributed by atoms with Crippen molar-refractivity contribution < 1.29 is 4.79 Å². The first-order chi connectivity index (χ1) is 9.02. The van der Waals surface area contributed by atoms with Gasteiger partial charge in [0.2, 0.25) is 0 Å². The van der Waals surface area contributed by atoms with Crippen molar-refractivity contribution >= 4 is 28.5 Å². The van der Waals surface area contributed by atoms with Crippen molar-refractivity contribution in [2.24, 2.45) is 0 Å². The van der Waals surface area contributed by atoms with Crippen molar-refractivity contribution in [3.63, 3.8) is 0 Å². The van der Waals surface area contributed by atoms with E-state index < -0.39 is 0 Å². The monoisotopic (exact) mass is 281 g/mol. The van der Waals surface area contributed by atoms with E-state index in [-0.39, 0.29) is 17.0 Å². The highest BCUT2D eigenvalue weighted by Crippen LogP contribution is 2.12. The Kier molecular flexibility index (Phi) is 3.95. The van der Waals surface area contributed by atoms with Crippen LogP contribution >= 0.6 is 11.6 Å². The second kappa shape index (κ2) is 5.48. The SMILES string of the molecule is CCn1c(=O)[nH]c2cc(C(=O)NCC(C)Cl)ccc21. The van der Waals surface area contributed by atoms with Crippen LogP contribution in [0.3, 0.4) is 0 Å². The average molecular weight is 282 g/mol. The molecule has 0 spiro atoms. The summed E-state index contributed by atoms with van der Waals surface area (Å²) in [7, 11) is 0. The predicted molar refractivity (Wildman–Crippen MR) is 75.9 cm³/mol. The van der Waals surface area contributed by atoms with E-state index in [0.29, 0.717) is 24.2 Å². The molecule has 2 aromatic rings. The summed E-state index contributed by atoms with van der Waals surface area (Å²) in [5.41, 5.74) is 1.81. The van der Waals surface area contributed by atoms with E-state index in [9.17, 15) is 9.59 Å². The molecule has 0 saturated carbocycles. The Morgan fingerprint density at radius 1 is 1.53 bits per heavy atom. The first-order valence-corrected chi connectivity index (χ1v) is 6.61. The van der Waals surface area contributed by atoms with Gasteiger partial charge < -0.3 is 10.3 Å². The van der Waals surface area contributed by atoms with E-state index in [1.807, 2.05) is 13.8 Å². The third-order valence-electron chi connectivity index (χ3n) is 2.90. The largest absolute Gasteiger partial charge is 0.351 e. The van der Waals surface area contributed by atoms with Crippen LogP contribution < -0.4 is 11.0 Å². The summed E-state index contributed by atoms with van der Waals surface area (Å²) in [5.74, 6) is -0.195. The van der Waals surface area contributed by atoms with E-state index >= 15 is 0 Å². The van der Waals surface area contributed by atoms with Crippen LogP contribution in [-0.4, -0.2) is 27.4 Å². The van der Waals surface area contributed by atoms with Crippen molar-refractivity contribution in [1.82, 2.24) is 14.9 Å². The van der Waals surface area contributed by atoms with Crippen molar-refractivity contribution in [1.29, 1.82) is 0 Å². The number of nitrogens with zero attached hydrogens (tertiary/aromatic N) is 1. The molecular formula is C13H16ClN3O2. The van der Waals surface area contributed by atoms with Gasteiger partial charge in [0.05, 0.1) is 11.0 Å². The Hall–Kier alpha value is -1.75. The molecule has 19 heavy (non-hydrogen) atoms. The summed E-state index contributed by atoms with van der Waals surface area (Å²) >= 11 is 5.78. The van der Waals surface area contributed by atoms with Crippen LogP contribution in [0.25, 0.3) is 11.0 Å². The van der Waals surface area contributed by atoms with Crippen LogP contribution in [0.4, 0.5) is 0 Å². The third-order valence-corrected chi connectivity index (χ3v) is 3.05. The number of rotatable bonds is 4. The molecule has 1 aromatic carbocycles. The fraction of sp³-hybridized carbons (Fsp3) is 0.385. The molecule has 102 valence electrons. The molecule has 0 aliphatic heterocycles. The lowest BCUT2D eigenvalue weighted by Crippen LogP contribution is -2.28. The molecule has 0 saturated heterocycles. The van der Waals surface area contributed by atoms with Gasteiger partial charge in [-0.25, -0.2) is 4.79 Å². The zero-order chi connectivity index (χ0) is 14.0. The van der Waals surface area contributed by atoms with Gasteiger partial charge in [0.1, 0.15) is 0 Å². The molecule has 1 unspecified atom stereocenters. The lowest BCUT2D eigenvalue weighted by molar-refractivity contribution is 0.0954. The summed E-state index contributed by atoms with van der Waals surface area (Å²) in [6, 6.07) is 5.16. The number of nitrogens with one attached hydrogen (secondary N) is 2. The number of halogens is 1. The number of hydrogen-bond donors (Lipinski definition) is 2. The predicted octanol–water partition coefficient (Wildman–Crippen LogP) is 1.71. The lowest BCUT2D eigenvalue weighted by atomic mass is 10.2. The molecule has 1 aromatic heterocycles. The van der Waals surface area contributed by atoms with Gasteiger partial charge in [-0.05, 0) is 32.0 Å². The molecule has 0 radical (unpaired) electrons. The molecular weight excluding hydrogens is 266 g/mol. The number of aryl methyl sites for hydroxylation is 1. The van der Waals surface area contributed by atoms with Crippen LogP contribution in [0.2, 0.25) is 0 Å². The van der Waals surface area contributed by atoms with Gasteiger partial charge in [-0.3, -0.25) is 9.36 Å². The Balaban J connectivity index is 2.32. The molecule has 2 rings (SSSR count). The van der Waals surface area contributed by atoms with E-state index in [0.717, 1.165) is 5.52 Å². The quantitative estimate of drug-likeness (QED) is 0.838. The Labute approximate surface area is 115 Å². The summed E-state index contributed by atoms with van der Waals surface area (Å²) in [4.78, 5) is 26.3. The number of alkyl halides is 1. The maximum Gasteiger partial charge on any atom is 0.326 e. The van der Waals surface area contributed by atoms with Gasteiger partial charge >= 0.3 is 5.69 Å². The maximum atomic E-state index is 11.9. The molecule has 1 atom stereocenters. The summed E-state index contributed by atoms with van der Waals surface area (Å²) in [6.07, 6.45) is 0. The summed E-state index contributed by atoms with van der Waals surface area (Å²) in [6.45, 7) is 4.71. The number of benzene rings is 1. The Morgan fingerprint density at radius 2 is 2.26 bits per heavy atom. The van der Waals surface area contributed by atoms with Gasteiger partial charge in [-0.1, -0.05) is 0 Å². The van der Waals surface area contributed by atoms with E-state index in [2.05, 4.69) is 10.3 Å². The number of hydrogen-bond acceptors (Lipinski definition) is 2. The number of carbonyl (C=O) groups excluding carboxylic acids is 1. The fourth-order valence-corrected chi connectivity index (χ4v) is 2.03.